The average Bonchev–Trinajstić information content (AvgIpc) is 4.46. The summed E-state index contributed by atoms with van der Waals surface area (Å²) in [6.07, 6.45) is 26.4. The van der Waals surface area contributed by atoms with Crippen LogP contribution in [0.1, 0.15) is 82.6 Å². The fraction of sp³-hybridized carbons (Fsp3) is 0.286. The maximum Gasteiger partial charge on any atom is 2.00 e. The van der Waals surface area contributed by atoms with E-state index in [-0.39, 0.29) is 101 Å². The van der Waals surface area contributed by atoms with Crippen LogP contribution in [0.4, 0.5) is 28.7 Å². The van der Waals surface area contributed by atoms with Crippen LogP contribution in [-0.2, 0) is 73.7 Å². The SMILES string of the molecule is CN(C)CCCNC(=O)c1cc(NC(=O)c2nc(NC(=O)c3cc(NC(=O)CCCNC(=O)[C]4[CH][CH][CH][CH]4)cn3C)cn2C)cn1C.Cn1cc(NC(=O)c2nccn2C)cc1C(=O)Nc1cn(C)c(C(=O)NCCNC(=O)[C]2[CH][CH][CH][CH]2)n1.[Fe+2]. The number of carbonyl (C=O) groups is 9. The second-order valence-corrected chi connectivity index (χ2v) is 19.7. The number of hydrogen-bond acceptors (Lipinski definition) is 13. The molecule has 0 spiro atoms. The molecule has 446 valence electrons. The molecule has 2 saturated carbocycles. The normalized spacial score (nSPS) is 13.0. The molecule has 0 aromatic carbocycles. The van der Waals surface area contributed by atoms with Crippen molar-refractivity contribution >= 4 is 81.9 Å². The Labute approximate surface area is 502 Å². The largest absolute Gasteiger partial charge is 2.00 e. The molecule has 2 aliphatic carbocycles. The summed E-state index contributed by atoms with van der Waals surface area (Å²) in [7, 11) is 13.9. The minimum Gasteiger partial charge on any atom is -0.356 e. The van der Waals surface area contributed by atoms with E-state index in [2.05, 4.69) is 62.8 Å². The van der Waals surface area contributed by atoms with Gasteiger partial charge in [0.05, 0.1) is 28.9 Å². The quantitative estimate of drug-likeness (QED) is 0.0309. The molecule has 0 aliphatic heterocycles. The smallest absolute Gasteiger partial charge is 0.356 e. The topological polar surface area (TPSA) is 333 Å². The molecule has 9 amide bonds. The summed E-state index contributed by atoms with van der Waals surface area (Å²) in [6.45, 7) is 2.19. The third-order valence-electron chi connectivity index (χ3n) is 12.7. The number of amides is 9. The zero-order chi connectivity index (χ0) is 60.6. The van der Waals surface area contributed by atoms with Gasteiger partial charge in [-0.15, -0.1) is 0 Å². The molecule has 0 saturated heterocycles. The van der Waals surface area contributed by atoms with Gasteiger partial charge in [0.2, 0.25) is 29.4 Å². The number of imidazole rings is 3. The molecule has 6 aromatic heterocycles. The molecule has 2 fully saturated rings. The van der Waals surface area contributed by atoms with Gasteiger partial charge in [-0.05, 0) is 103 Å². The van der Waals surface area contributed by atoms with Crippen molar-refractivity contribution in [3.05, 3.63) is 159 Å². The van der Waals surface area contributed by atoms with Crippen LogP contribution >= 0.6 is 0 Å². The van der Waals surface area contributed by atoms with Crippen LogP contribution in [0.15, 0.2) is 61.6 Å². The number of nitrogens with one attached hydrogen (secondary N) is 9. The molecule has 0 unspecified atom stereocenters. The maximum atomic E-state index is 13.0. The van der Waals surface area contributed by atoms with E-state index in [4.69, 9.17) is 0 Å². The molecule has 2 aliphatic rings. The average molecular weight is 1210 g/mol. The van der Waals surface area contributed by atoms with E-state index in [0.717, 1.165) is 13.0 Å². The van der Waals surface area contributed by atoms with Crippen LogP contribution < -0.4 is 47.9 Å². The summed E-state index contributed by atoms with van der Waals surface area (Å²) >= 11 is 0. The number of hydrogen-bond donors (Lipinski definition) is 9. The first-order valence-corrected chi connectivity index (χ1v) is 26.4. The van der Waals surface area contributed by atoms with Crippen LogP contribution in [0, 0.1) is 63.2 Å². The van der Waals surface area contributed by atoms with Crippen molar-refractivity contribution in [2.75, 3.05) is 73.4 Å². The van der Waals surface area contributed by atoms with Crippen LogP contribution in [0.25, 0.3) is 0 Å². The Bertz CT molecular complexity index is 3350. The molecule has 8 rings (SSSR count). The maximum absolute atomic E-state index is 13.0. The van der Waals surface area contributed by atoms with Gasteiger partial charge in [0.1, 0.15) is 17.1 Å². The van der Waals surface area contributed by atoms with Crippen molar-refractivity contribution in [3.8, 4) is 0 Å². The standard InChI is InChI=1S/C32H41N10O5.C24H26N9O4.Fe/c1-39(2)15-9-14-34-30(45)24-17-23(19-40(24)3)36-32(47)28-37-26(20-42(28)5)38-31(46)25-16-22(18-41(25)4)35-27(43)12-8-13-33-29(44)21-10-6-7-11-21;1-31-11-10-25-19(31)24(37)28-16-12-17(32(2)13-16)22(35)30-18-14-33(3)20(29-18)23(36)27-9-8-26-21(34)15-6-4-5-7-15;/h6-7,10-11,16-20H,8-9,12-15H2,1-5H3,(H,33,44)(H,34,45)(H,35,43)(H,36,47)(H,38,46);4-7,10-14H,8-9H2,1-3H3,(H,26,34)(H,27,36)(H,28,37)(H,30,35);/q;;+2. The van der Waals surface area contributed by atoms with E-state index in [0.29, 0.717) is 54.1 Å². The van der Waals surface area contributed by atoms with E-state index >= 15 is 0 Å². The molecule has 29 heteroatoms. The van der Waals surface area contributed by atoms with Gasteiger partial charge in [-0.25, -0.2) is 15.0 Å². The summed E-state index contributed by atoms with van der Waals surface area (Å²) < 4.78 is 9.30. The Morgan fingerprint density at radius 3 is 1.32 bits per heavy atom. The molecule has 28 nitrogen and oxygen atoms in total. The van der Waals surface area contributed by atoms with Gasteiger partial charge in [-0.3, -0.25) is 43.2 Å². The molecule has 0 atom stereocenters. The summed E-state index contributed by atoms with van der Waals surface area (Å²) in [5, 5.41) is 24.6. The summed E-state index contributed by atoms with van der Waals surface area (Å²) in [6, 6.07) is 4.64. The van der Waals surface area contributed by atoms with Gasteiger partial charge in [-0.2, -0.15) is 0 Å². The number of nitrogens with zero attached hydrogens (tertiary/aromatic N) is 10. The zero-order valence-corrected chi connectivity index (χ0v) is 49.2. The summed E-state index contributed by atoms with van der Waals surface area (Å²) in [5.41, 5.74) is 2.21. The van der Waals surface area contributed by atoms with Crippen molar-refractivity contribution < 1.29 is 60.2 Å². The van der Waals surface area contributed by atoms with Crippen LogP contribution in [0.5, 0.6) is 0 Å². The van der Waals surface area contributed by atoms with E-state index in [9.17, 15) is 43.2 Å². The van der Waals surface area contributed by atoms with E-state index in [1.165, 1.54) is 39.9 Å². The second-order valence-electron chi connectivity index (χ2n) is 19.7. The Balaban J connectivity index is 0.000000276. The Morgan fingerprint density at radius 1 is 0.435 bits per heavy atom. The molecule has 6 heterocycles. The summed E-state index contributed by atoms with van der Waals surface area (Å²) in [5.74, 6) is -1.41. The molecular weight excluding hydrogens is 1140 g/mol. The van der Waals surface area contributed by atoms with Gasteiger partial charge in [0.15, 0.2) is 17.5 Å². The van der Waals surface area contributed by atoms with Crippen LogP contribution in [0.2, 0.25) is 0 Å². The minimum atomic E-state index is -0.522. The van der Waals surface area contributed by atoms with Gasteiger partial charge in [0, 0.05) is 118 Å². The van der Waals surface area contributed by atoms with Gasteiger partial charge >= 0.3 is 17.1 Å². The van der Waals surface area contributed by atoms with Crippen molar-refractivity contribution in [2.24, 2.45) is 42.3 Å². The number of anilines is 5. The molecule has 6 aromatic rings. The molecule has 0 bridgehead atoms. The molecular formula is C56H67FeN19O9+2. The van der Waals surface area contributed by atoms with Crippen molar-refractivity contribution in [1.82, 2.24) is 68.5 Å². The predicted octanol–water partition coefficient (Wildman–Crippen LogP) is 1.77. The second kappa shape index (κ2) is 30.6. The molecule has 85 heavy (non-hydrogen) atoms. The number of carbonyl (C=O) groups excluding carboxylic acids is 9. The molecule has 9 N–H and O–H groups in total. The Kier molecular flexibility index (Phi) is 23.6. The van der Waals surface area contributed by atoms with Crippen LogP contribution in [-0.4, -0.2) is 147 Å². The third kappa shape index (κ3) is 18.3. The Morgan fingerprint density at radius 2 is 0.847 bits per heavy atom. The third-order valence-corrected chi connectivity index (χ3v) is 12.7. The van der Waals surface area contributed by atoms with E-state index in [1.807, 2.05) is 19.0 Å². The first-order valence-electron chi connectivity index (χ1n) is 26.4. The predicted molar refractivity (Wildman–Crippen MR) is 310 cm³/mol. The van der Waals surface area contributed by atoms with Crippen molar-refractivity contribution in [2.45, 2.75) is 19.3 Å². The number of aromatic nitrogens is 9. The fourth-order valence-corrected chi connectivity index (χ4v) is 8.42. The minimum absolute atomic E-state index is 0. The summed E-state index contributed by atoms with van der Waals surface area (Å²) in [4.78, 5) is 127. The first-order chi connectivity index (χ1) is 40.1. The van der Waals surface area contributed by atoms with Crippen molar-refractivity contribution in [1.29, 1.82) is 0 Å². The Hall–Kier alpha value is -8.82. The van der Waals surface area contributed by atoms with Gasteiger partial charge in [-0.1, -0.05) is 0 Å². The first kappa shape index (κ1) is 65.3. The van der Waals surface area contributed by atoms with E-state index < -0.39 is 29.5 Å². The monoisotopic (exact) mass is 1210 g/mol. The van der Waals surface area contributed by atoms with E-state index in [1.54, 1.807) is 143 Å². The van der Waals surface area contributed by atoms with Crippen LogP contribution in [0.3, 0.4) is 0 Å². The zero-order valence-electron chi connectivity index (χ0n) is 48.0. The van der Waals surface area contributed by atoms with Gasteiger partial charge < -0.3 is 80.2 Å². The number of rotatable bonds is 24. The number of aryl methyl sites for hydroxylation is 6. The molecule has 10 radical (unpaired) electrons. The van der Waals surface area contributed by atoms with Gasteiger partial charge in [0.25, 0.3) is 35.4 Å². The van der Waals surface area contributed by atoms with Crippen molar-refractivity contribution in [3.63, 3.8) is 0 Å². The fourth-order valence-electron chi connectivity index (χ4n) is 8.42.